The van der Waals surface area contributed by atoms with E-state index in [1.807, 2.05) is 0 Å². The first-order valence-electron chi connectivity index (χ1n) is 9.37. The summed E-state index contributed by atoms with van der Waals surface area (Å²) in [5, 5.41) is 4.05. The van der Waals surface area contributed by atoms with Crippen LogP contribution in [-0.4, -0.2) is 60.5 Å². The average molecular weight is 373 g/mol. The third kappa shape index (κ3) is 4.90. The Kier molecular flexibility index (Phi) is 6.77. The number of nitrogens with zero attached hydrogens (tertiary/aromatic N) is 3. The van der Waals surface area contributed by atoms with Crippen molar-refractivity contribution in [3.05, 3.63) is 52.0 Å². The molecule has 140 valence electrons. The Morgan fingerprint density at radius 1 is 1.31 bits per heavy atom. The van der Waals surface area contributed by atoms with Gasteiger partial charge in [0.25, 0.3) is 5.91 Å². The Hall–Kier alpha value is -1.76. The Morgan fingerprint density at radius 3 is 2.85 bits per heavy atom. The number of piperazine rings is 1. The molecule has 1 amide bonds. The number of benzene rings is 1. The summed E-state index contributed by atoms with van der Waals surface area (Å²) in [4.78, 5) is 22.1. The first kappa shape index (κ1) is 19.0. The maximum Gasteiger partial charge on any atom is 0.263 e. The minimum absolute atomic E-state index is 0.000173. The summed E-state index contributed by atoms with van der Waals surface area (Å²) in [6, 6.07) is 11.2. The summed E-state index contributed by atoms with van der Waals surface area (Å²) >= 11 is 1.49. The molecule has 1 aliphatic rings. The van der Waals surface area contributed by atoms with Crippen molar-refractivity contribution in [3.63, 3.8) is 0 Å². The molecule has 0 saturated carbocycles. The predicted octanol–water partition coefficient (Wildman–Crippen LogP) is 2.81. The highest BCUT2D eigenvalue weighted by atomic mass is 32.1. The van der Waals surface area contributed by atoms with Crippen molar-refractivity contribution in [2.24, 2.45) is 0 Å². The van der Waals surface area contributed by atoms with Gasteiger partial charge in [0, 0.05) is 38.8 Å². The fourth-order valence-electron chi connectivity index (χ4n) is 3.37. The highest BCUT2D eigenvalue weighted by Gasteiger charge is 2.25. The van der Waals surface area contributed by atoms with E-state index in [0.717, 1.165) is 44.0 Å². The standard InChI is InChI=1S/C20H28N4OS/c1-3-19-22-14-18(26-19)20(25)21-10-7-11-24-13-12-23(2)15-17(24)16-8-5-4-6-9-16/h4-6,8-9,14,17H,3,7,10-13,15H2,1-2H3,(H,21,25). The SMILES string of the molecule is CCc1ncc(C(=O)NCCCN2CCN(C)CC2c2ccccc2)s1. The van der Waals surface area contributed by atoms with Gasteiger partial charge in [-0.2, -0.15) is 0 Å². The van der Waals surface area contributed by atoms with Gasteiger partial charge >= 0.3 is 0 Å². The smallest absolute Gasteiger partial charge is 0.263 e. The number of hydrogen-bond donors (Lipinski definition) is 1. The lowest BCUT2D eigenvalue weighted by atomic mass is 10.0. The third-order valence-corrected chi connectivity index (χ3v) is 6.01. The number of carbonyl (C=O) groups excluding carboxylic acids is 1. The number of likely N-dealkylation sites (N-methyl/N-ethyl adjacent to an activating group) is 1. The molecular formula is C20H28N4OS. The van der Waals surface area contributed by atoms with Gasteiger partial charge in [0.15, 0.2) is 0 Å². The van der Waals surface area contributed by atoms with Gasteiger partial charge in [-0.3, -0.25) is 9.69 Å². The van der Waals surface area contributed by atoms with Gasteiger partial charge < -0.3 is 10.2 Å². The zero-order valence-corrected chi connectivity index (χ0v) is 16.5. The molecule has 1 N–H and O–H groups in total. The second-order valence-corrected chi connectivity index (χ2v) is 7.92. The van der Waals surface area contributed by atoms with Crippen LogP contribution in [0, 0.1) is 0 Å². The quantitative estimate of drug-likeness (QED) is 0.760. The molecule has 1 unspecified atom stereocenters. The highest BCUT2D eigenvalue weighted by Crippen LogP contribution is 2.24. The second-order valence-electron chi connectivity index (χ2n) is 6.81. The van der Waals surface area contributed by atoms with E-state index >= 15 is 0 Å². The largest absolute Gasteiger partial charge is 0.351 e. The van der Waals surface area contributed by atoms with E-state index in [0.29, 0.717) is 17.5 Å². The predicted molar refractivity (Wildman–Crippen MR) is 107 cm³/mol. The first-order chi connectivity index (χ1) is 12.7. The summed E-state index contributed by atoms with van der Waals surface area (Å²) in [5.41, 5.74) is 1.37. The maximum absolute atomic E-state index is 12.2. The molecule has 1 aromatic heterocycles. The van der Waals surface area contributed by atoms with Gasteiger partial charge in [-0.15, -0.1) is 11.3 Å². The fraction of sp³-hybridized carbons (Fsp3) is 0.500. The molecule has 0 aliphatic carbocycles. The van der Waals surface area contributed by atoms with Gasteiger partial charge in [-0.1, -0.05) is 37.3 Å². The molecule has 0 bridgehead atoms. The second kappa shape index (κ2) is 9.26. The van der Waals surface area contributed by atoms with Gasteiger partial charge in [-0.05, 0) is 25.5 Å². The molecule has 26 heavy (non-hydrogen) atoms. The Bertz CT molecular complexity index is 703. The monoisotopic (exact) mass is 372 g/mol. The number of hydrogen-bond acceptors (Lipinski definition) is 5. The Balaban J connectivity index is 1.49. The van der Waals surface area contributed by atoms with Crippen LogP contribution in [-0.2, 0) is 6.42 Å². The van der Waals surface area contributed by atoms with E-state index in [9.17, 15) is 4.79 Å². The van der Waals surface area contributed by atoms with Crippen LogP contribution < -0.4 is 5.32 Å². The van der Waals surface area contributed by atoms with Gasteiger partial charge in [-0.25, -0.2) is 4.98 Å². The maximum atomic E-state index is 12.2. The zero-order valence-electron chi connectivity index (χ0n) is 15.6. The summed E-state index contributed by atoms with van der Waals surface area (Å²) < 4.78 is 0. The molecule has 1 saturated heterocycles. The van der Waals surface area contributed by atoms with Crippen molar-refractivity contribution in [3.8, 4) is 0 Å². The fourth-order valence-corrected chi connectivity index (χ4v) is 4.14. The summed E-state index contributed by atoms with van der Waals surface area (Å²) in [6.45, 7) is 6.97. The number of nitrogens with one attached hydrogen (secondary N) is 1. The van der Waals surface area contributed by atoms with Crippen LogP contribution in [0.15, 0.2) is 36.5 Å². The lowest BCUT2D eigenvalue weighted by molar-refractivity contribution is 0.0866. The molecule has 1 fully saturated rings. The van der Waals surface area contributed by atoms with Crippen LogP contribution in [0.1, 0.15) is 39.6 Å². The van der Waals surface area contributed by atoms with Crippen LogP contribution in [0.2, 0.25) is 0 Å². The molecule has 1 atom stereocenters. The number of amides is 1. The molecule has 5 nitrogen and oxygen atoms in total. The van der Waals surface area contributed by atoms with Crippen molar-refractivity contribution >= 4 is 17.2 Å². The van der Waals surface area contributed by atoms with Crippen LogP contribution in [0.25, 0.3) is 0 Å². The zero-order chi connectivity index (χ0) is 18.4. The Labute approximate surface area is 160 Å². The molecule has 1 aromatic carbocycles. The van der Waals surface area contributed by atoms with Crippen LogP contribution in [0.5, 0.6) is 0 Å². The van der Waals surface area contributed by atoms with Crippen LogP contribution in [0.3, 0.4) is 0 Å². The summed E-state index contributed by atoms with van der Waals surface area (Å²) in [6.07, 6.45) is 3.52. The lowest BCUT2D eigenvalue weighted by Crippen LogP contribution is -2.47. The average Bonchev–Trinajstić information content (AvgIpc) is 3.16. The first-order valence-corrected chi connectivity index (χ1v) is 10.2. The number of carbonyl (C=O) groups is 1. The Morgan fingerprint density at radius 2 is 2.12 bits per heavy atom. The summed E-state index contributed by atoms with van der Waals surface area (Å²) in [7, 11) is 2.19. The van der Waals surface area contributed by atoms with E-state index in [4.69, 9.17) is 0 Å². The number of aryl methyl sites for hydroxylation is 1. The molecule has 3 rings (SSSR count). The number of thiazole rings is 1. The molecule has 2 heterocycles. The minimum atomic E-state index is 0.000173. The molecule has 0 spiro atoms. The van der Waals surface area contributed by atoms with E-state index in [2.05, 4.69) is 64.4 Å². The van der Waals surface area contributed by atoms with Gasteiger partial charge in [0.1, 0.15) is 4.88 Å². The highest BCUT2D eigenvalue weighted by molar-refractivity contribution is 7.13. The van der Waals surface area contributed by atoms with Gasteiger partial charge in [0.05, 0.1) is 11.2 Å². The van der Waals surface area contributed by atoms with E-state index in [1.165, 1.54) is 16.9 Å². The van der Waals surface area contributed by atoms with Crippen molar-refractivity contribution in [2.45, 2.75) is 25.8 Å². The molecule has 6 heteroatoms. The van der Waals surface area contributed by atoms with Crippen molar-refractivity contribution in [1.82, 2.24) is 20.1 Å². The molecule has 1 aliphatic heterocycles. The van der Waals surface area contributed by atoms with E-state index in [1.54, 1.807) is 6.20 Å². The molecule has 0 radical (unpaired) electrons. The topological polar surface area (TPSA) is 48.5 Å². The van der Waals surface area contributed by atoms with Gasteiger partial charge in [0.2, 0.25) is 0 Å². The number of rotatable bonds is 7. The number of aromatic nitrogens is 1. The van der Waals surface area contributed by atoms with Crippen molar-refractivity contribution < 1.29 is 4.79 Å². The summed E-state index contributed by atoms with van der Waals surface area (Å²) in [5.74, 6) is 0.000173. The van der Waals surface area contributed by atoms with Crippen molar-refractivity contribution in [1.29, 1.82) is 0 Å². The molecule has 2 aromatic rings. The van der Waals surface area contributed by atoms with E-state index in [-0.39, 0.29) is 5.91 Å². The van der Waals surface area contributed by atoms with Crippen LogP contribution in [0.4, 0.5) is 0 Å². The minimum Gasteiger partial charge on any atom is -0.351 e. The lowest BCUT2D eigenvalue weighted by Gasteiger charge is -2.40. The normalized spacial score (nSPS) is 18.8. The van der Waals surface area contributed by atoms with Crippen molar-refractivity contribution in [2.75, 3.05) is 39.8 Å². The molecular weight excluding hydrogens is 344 g/mol. The third-order valence-electron chi connectivity index (χ3n) is 4.87. The van der Waals surface area contributed by atoms with E-state index < -0.39 is 0 Å². The van der Waals surface area contributed by atoms with Crippen LogP contribution >= 0.6 is 11.3 Å².